The summed E-state index contributed by atoms with van der Waals surface area (Å²) in [5.41, 5.74) is 2.07. The SMILES string of the molecule is COCCCNC(=O)c1c(NC(=O)c2cccc3c2OCO3)sc2c1CCCC2. The van der Waals surface area contributed by atoms with E-state index in [0.717, 1.165) is 37.7 Å². The van der Waals surface area contributed by atoms with Crippen molar-refractivity contribution in [2.45, 2.75) is 32.1 Å². The lowest BCUT2D eigenvalue weighted by Gasteiger charge is -2.13. The van der Waals surface area contributed by atoms with E-state index in [1.807, 2.05) is 0 Å². The molecule has 7 nitrogen and oxygen atoms in total. The predicted octanol–water partition coefficient (Wildman–Crippen LogP) is 3.37. The highest BCUT2D eigenvalue weighted by molar-refractivity contribution is 7.17. The van der Waals surface area contributed by atoms with E-state index in [-0.39, 0.29) is 18.6 Å². The standard InChI is InChI=1S/C21H24N2O5S/c1-26-11-5-10-22-20(25)17-13-6-2-3-9-16(13)29-21(17)23-19(24)14-7-4-8-15-18(14)28-12-27-15/h4,7-8H,2-3,5-6,9-12H2,1H3,(H,22,25)(H,23,24). The van der Waals surface area contributed by atoms with Crippen LogP contribution in [0.5, 0.6) is 11.5 Å². The number of benzene rings is 1. The summed E-state index contributed by atoms with van der Waals surface area (Å²) >= 11 is 1.50. The Kier molecular flexibility index (Phi) is 6.01. The highest BCUT2D eigenvalue weighted by Crippen LogP contribution is 2.40. The van der Waals surface area contributed by atoms with Gasteiger partial charge in [0.05, 0.1) is 11.1 Å². The van der Waals surface area contributed by atoms with Crippen molar-refractivity contribution in [2.75, 3.05) is 32.4 Å². The Hall–Kier alpha value is -2.58. The molecule has 1 aliphatic heterocycles. The van der Waals surface area contributed by atoms with Crippen LogP contribution in [-0.4, -0.2) is 38.9 Å². The molecule has 1 aromatic heterocycles. The number of hydrogen-bond donors (Lipinski definition) is 2. The normalized spacial score (nSPS) is 14.4. The number of anilines is 1. The van der Waals surface area contributed by atoms with Gasteiger partial charge in [0.15, 0.2) is 11.5 Å². The number of thiophene rings is 1. The van der Waals surface area contributed by atoms with Gasteiger partial charge in [-0.25, -0.2) is 0 Å². The monoisotopic (exact) mass is 416 g/mol. The number of hydrogen-bond acceptors (Lipinski definition) is 6. The Labute approximate surface area is 173 Å². The first-order valence-corrected chi connectivity index (χ1v) is 10.6. The van der Waals surface area contributed by atoms with Crippen molar-refractivity contribution in [3.8, 4) is 11.5 Å². The third-order valence-electron chi connectivity index (χ3n) is 5.08. The van der Waals surface area contributed by atoms with Gasteiger partial charge in [0.25, 0.3) is 11.8 Å². The minimum atomic E-state index is -0.306. The van der Waals surface area contributed by atoms with Crippen LogP contribution in [0.15, 0.2) is 18.2 Å². The van der Waals surface area contributed by atoms with Crippen molar-refractivity contribution in [3.05, 3.63) is 39.8 Å². The zero-order chi connectivity index (χ0) is 20.2. The molecule has 0 saturated carbocycles. The first-order chi connectivity index (χ1) is 14.2. The Morgan fingerprint density at radius 1 is 1.17 bits per heavy atom. The maximum Gasteiger partial charge on any atom is 0.260 e. The molecule has 29 heavy (non-hydrogen) atoms. The van der Waals surface area contributed by atoms with E-state index in [4.69, 9.17) is 14.2 Å². The fourth-order valence-electron chi connectivity index (χ4n) is 3.68. The van der Waals surface area contributed by atoms with E-state index in [9.17, 15) is 9.59 Å². The van der Waals surface area contributed by atoms with Crippen LogP contribution in [-0.2, 0) is 17.6 Å². The molecule has 0 unspecified atom stereocenters. The van der Waals surface area contributed by atoms with E-state index < -0.39 is 0 Å². The average Bonchev–Trinajstić information content (AvgIpc) is 3.35. The van der Waals surface area contributed by atoms with Crippen LogP contribution in [0.3, 0.4) is 0 Å². The van der Waals surface area contributed by atoms with Gasteiger partial charge in [-0.1, -0.05) is 6.07 Å². The predicted molar refractivity (Wildman–Crippen MR) is 110 cm³/mol. The Morgan fingerprint density at radius 2 is 2.03 bits per heavy atom. The Bertz CT molecular complexity index is 924. The van der Waals surface area contributed by atoms with Crippen molar-refractivity contribution in [1.82, 2.24) is 5.32 Å². The number of rotatable bonds is 7. The second kappa shape index (κ2) is 8.84. The molecule has 1 aromatic carbocycles. The van der Waals surface area contributed by atoms with Gasteiger partial charge < -0.3 is 24.8 Å². The summed E-state index contributed by atoms with van der Waals surface area (Å²) in [6.07, 6.45) is 4.70. The zero-order valence-corrected chi connectivity index (χ0v) is 17.2. The summed E-state index contributed by atoms with van der Waals surface area (Å²) in [5.74, 6) is 0.546. The Morgan fingerprint density at radius 3 is 2.90 bits per heavy atom. The number of carbonyl (C=O) groups excluding carboxylic acids is 2. The van der Waals surface area contributed by atoms with Gasteiger partial charge in [-0.2, -0.15) is 0 Å². The highest BCUT2D eigenvalue weighted by Gasteiger charge is 2.28. The van der Waals surface area contributed by atoms with Gasteiger partial charge in [0, 0.05) is 25.1 Å². The molecule has 0 atom stereocenters. The van der Waals surface area contributed by atoms with E-state index in [1.165, 1.54) is 16.2 Å². The third kappa shape index (κ3) is 4.09. The summed E-state index contributed by atoms with van der Waals surface area (Å²) in [5, 5.41) is 6.51. The first-order valence-electron chi connectivity index (χ1n) is 9.80. The maximum atomic E-state index is 13.0. The first kappa shape index (κ1) is 19.7. The van der Waals surface area contributed by atoms with Gasteiger partial charge in [-0.15, -0.1) is 11.3 Å². The fourth-order valence-corrected chi connectivity index (χ4v) is 4.96. The summed E-state index contributed by atoms with van der Waals surface area (Å²) in [4.78, 5) is 27.1. The Balaban J connectivity index is 1.58. The largest absolute Gasteiger partial charge is 0.454 e. The summed E-state index contributed by atoms with van der Waals surface area (Å²) in [6.45, 7) is 1.22. The summed E-state index contributed by atoms with van der Waals surface area (Å²) < 4.78 is 15.8. The quantitative estimate of drug-likeness (QED) is 0.676. The topological polar surface area (TPSA) is 85.9 Å². The van der Waals surface area contributed by atoms with Crippen LogP contribution in [0.4, 0.5) is 5.00 Å². The number of methoxy groups -OCH3 is 1. The van der Waals surface area contributed by atoms with Crippen molar-refractivity contribution in [1.29, 1.82) is 0 Å². The lowest BCUT2D eigenvalue weighted by molar-refractivity contribution is 0.0948. The fraction of sp³-hybridized carbons (Fsp3) is 0.429. The molecule has 0 saturated heterocycles. The number of ether oxygens (including phenoxy) is 3. The van der Waals surface area contributed by atoms with Crippen LogP contribution >= 0.6 is 11.3 Å². The van der Waals surface area contributed by atoms with Crippen molar-refractivity contribution < 1.29 is 23.8 Å². The molecule has 0 bridgehead atoms. The van der Waals surface area contributed by atoms with Gasteiger partial charge in [0.1, 0.15) is 5.00 Å². The molecule has 0 radical (unpaired) electrons. The molecule has 2 aliphatic rings. The molecule has 2 aromatic rings. The minimum Gasteiger partial charge on any atom is -0.454 e. The van der Waals surface area contributed by atoms with Gasteiger partial charge in [-0.05, 0) is 49.8 Å². The van der Waals surface area contributed by atoms with Crippen molar-refractivity contribution >= 4 is 28.2 Å². The number of carbonyl (C=O) groups is 2. The number of fused-ring (bicyclic) bond motifs is 2. The lowest BCUT2D eigenvalue weighted by Crippen LogP contribution is -2.27. The van der Waals surface area contributed by atoms with Crippen molar-refractivity contribution in [3.63, 3.8) is 0 Å². The maximum absolute atomic E-state index is 13.0. The smallest absolute Gasteiger partial charge is 0.260 e. The van der Waals surface area contributed by atoms with E-state index in [0.29, 0.717) is 40.8 Å². The third-order valence-corrected chi connectivity index (χ3v) is 6.28. The molecule has 8 heteroatoms. The van der Waals surface area contributed by atoms with Gasteiger partial charge >= 0.3 is 0 Å². The molecule has 2 amide bonds. The molecule has 0 spiro atoms. The minimum absolute atomic E-state index is 0.0993. The number of nitrogens with one attached hydrogen (secondary N) is 2. The number of aryl methyl sites for hydroxylation is 1. The van der Waals surface area contributed by atoms with Crippen LogP contribution < -0.4 is 20.1 Å². The van der Waals surface area contributed by atoms with Crippen LogP contribution in [0.1, 0.15) is 50.4 Å². The van der Waals surface area contributed by atoms with Crippen molar-refractivity contribution in [2.24, 2.45) is 0 Å². The second-order valence-electron chi connectivity index (χ2n) is 7.01. The van der Waals surface area contributed by atoms with Crippen LogP contribution in [0.25, 0.3) is 0 Å². The molecular formula is C21H24N2O5S. The highest BCUT2D eigenvalue weighted by atomic mass is 32.1. The van der Waals surface area contributed by atoms with E-state index >= 15 is 0 Å². The number of amides is 2. The van der Waals surface area contributed by atoms with E-state index in [1.54, 1.807) is 25.3 Å². The van der Waals surface area contributed by atoms with E-state index in [2.05, 4.69) is 10.6 Å². The molecule has 0 fully saturated rings. The van der Waals surface area contributed by atoms with Crippen LogP contribution in [0.2, 0.25) is 0 Å². The molecule has 2 heterocycles. The van der Waals surface area contributed by atoms with Crippen LogP contribution in [0, 0.1) is 0 Å². The number of para-hydroxylation sites is 1. The van der Waals surface area contributed by atoms with Gasteiger partial charge in [-0.3, -0.25) is 9.59 Å². The molecule has 2 N–H and O–H groups in total. The second-order valence-corrected chi connectivity index (χ2v) is 8.12. The molecule has 1 aliphatic carbocycles. The molecular weight excluding hydrogens is 392 g/mol. The zero-order valence-electron chi connectivity index (χ0n) is 16.3. The average molecular weight is 416 g/mol. The lowest BCUT2D eigenvalue weighted by atomic mass is 9.95. The molecule has 154 valence electrons. The molecule has 4 rings (SSSR count). The summed E-state index contributed by atoms with van der Waals surface area (Å²) in [7, 11) is 1.64. The van der Waals surface area contributed by atoms with Gasteiger partial charge in [0.2, 0.25) is 6.79 Å². The summed E-state index contributed by atoms with van der Waals surface area (Å²) in [6, 6.07) is 5.22.